The van der Waals surface area contributed by atoms with Gasteiger partial charge in [-0.1, -0.05) is 30.4 Å². The van der Waals surface area contributed by atoms with Crippen molar-refractivity contribution in [1.82, 2.24) is 4.98 Å². The van der Waals surface area contributed by atoms with Crippen LogP contribution in [0.15, 0.2) is 48.5 Å². The number of H-pyrrole nitrogens is 1. The van der Waals surface area contributed by atoms with Crippen LogP contribution in [-0.4, -0.2) is 35.9 Å². The molecule has 27 heavy (non-hydrogen) atoms. The van der Waals surface area contributed by atoms with Crippen molar-refractivity contribution in [3.63, 3.8) is 0 Å². The summed E-state index contributed by atoms with van der Waals surface area (Å²) in [6.07, 6.45) is 0.119. The fourth-order valence-electron chi connectivity index (χ4n) is 3.05. The number of aromatic amines is 1. The van der Waals surface area contributed by atoms with Gasteiger partial charge in [0.25, 0.3) is 5.91 Å². The molecule has 0 unspecified atom stereocenters. The Hall–Kier alpha value is -2.99. The number of nitrogens with one attached hydrogen (secondary N) is 1. The predicted octanol–water partition coefficient (Wildman–Crippen LogP) is 4.03. The number of ether oxygens (including phenoxy) is 1. The Kier molecular flexibility index (Phi) is 5.66. The van der Waals surface area contributed by atoms with E-state index in [-0.39, 0.29) is 24.8 Å². The van der Waals surface area contributed by atoms with Gasteiger partial charge >= 0.3 is 5.97 Å². The van der Waals surface area contributed by atoms with Crippen LogP contribution >= 0.6 is 12.2 Å². The van der Waals surface area contributed by atoms with E-state index in [9.17, 15) is 9.59 Å². The minimum absolute atomic E-state index is 0.119. The monoisotopic (exact) mass is 380 g/mol. The molecule has 1 N–H and O–H groups in total. The average Bonchev–Trinajstić information content (AvgIpc) is 3.02. The zero-order chi connectivity index (χ0) is 19.4. The number of para-hydroxylation sites is 1. The number of esters is 1. The largest absolute Gasteiger partial charge is 0.469 e. The highest BCUT2D eigenvalue weighted by molar-refractivity contribution is 7.79. The number of methoxy groups -OCH3 is 1. The van der Waals surface area contributed by atoms with Gasteiger partial charge in [0, 0.05) is 45.3 Å². The van der Waals surface area contributed by atoms with Crippen LogP contribution in [0.25, 0.3) is 10.9 Å². The second-order valence-corrected chi connectivity index (χ2v) is 6.40. The molecule has 1 aromatic heterocycles. The van der Waals surface area contributed by atoms with Crippen LogP contribution in [0.2, 0.25) is 0 Å². The fraction of sp³-hybridized carbons (Fsp3) is 0.190. The Morgan fingerprint density at radius 3 is 2.59 bits per heavy atom. The minimum Gasteiger partial charge on any atom is -0.469 e. The van der Waals surface area contributed by atoms with Crippen LogP contribution < -0.4 is 4.90 Å². The highest BCUT2D eigenvalue weighted by Gasteiger charge is 2.20. The third-order valence-electron chi connectivity index (χ3n) is 4.48. The lowest BCUT2D eigenvalue weighted by molar-refractivity contribution is -0.140. The Morgan fingerprint density at radius 1 is 1.19 bits per heavy atom. The van der Waals surface area contributed by atoms with Gasteiger partial charge in [-0.3, -0.25) is 9.59 Å². The number of carbonyl (C=O) groups excluding carboxylic acids is 2. The average molecular weight is 380 g/mol. The van der Waals surface area contributed by atoms with Crippen LogP contribution in [0, 0.1) is 6.92 Å². The molecule has 1 amide bonds. The number of thiocarbonyl (C=S) groups is 1. The molecular weight excluding hydrogens is 360 g/mol. The molecule has 0 aliphatic rings. The van der Waals surface area contributed by atoms with E-state index in [4.69, 9.17) is 17.0 Å². The molecule has 3 rings (SSSR count). The quantitative estimate of drug-likeness (QED) is 0.518. The lowest BCUT2D eigenvalue weighted by Crippen LogP contribution is -2.33. The van der Waals surface area contributed by atoms with Crippen LogP contribution in [-0.2, 0) is 9.53 Å². The molecule has 0 fully saturated rings. The fourth-order valence-corrected chi connectivity index (χ4v) is 3.35. The van der Waals surface area contributed by atoms with Crippen LogP contribution in [0.3, 0.4) is 0 Å². The van der Waals surface area contributed by atoms with E-state index in [1.165, 1.54) is 7.11 Å². The molecule has 3 aromatic rings. The van der Waals surface area contributed by atoms with Gasteiger partial charge in [-0.25, -0.2) is 0 Å². The highest BCUT2D eigenvalue weighted by Crippen LogP contribution is 2.24. The van der Waals surface area contributed by atoms with Crippen molar-refractivity contribution in [2.45, 2.75) is 13.3 Å². The number of benzene rings is 2. The summed E-state index contributed by atoms with van der Waals surface area (Å²) in [5.41, 5.74) is 4.08. The normalized spacial score (nSPS) is 10.6. The summed E-state index contributed by atoms with van der Waals surface area (Å²) in [6, 6.07) is 14.8. The Bertz CT molecular complexity index is 995. The number of aryl methyl sites for hydroxylation is 1. The number of aromatic nitrogens is 1. The molecule has 0 bridgehead atoms. The first kappa shape index (κ1) is 18.8. The summed E-state index contributed by atoms with van der Waals surface area (Å²) in [5.74, 6) is -0.537. The van der Waals surface area contributed by atoms with Gasteiger partial charge in [0.15, 0.2) is 0 Å². The smallest absolute Gasteiger partial charge is 0.307 e. The van der Waals surface area contributed by atoms with E-state index in [0.717, 1.165) is 27.8 Å². The lowest BCUT2D eigenvalue weighted by atomic mass is 10.1. The van der Waals surface area contributed by atoms with Crippen LogP contribution in [0.1, 0.15) is 28.0 Å². The van der Waals surface area contributed by atoms with Crippen LogP contribution in [0.5, 0.6) is 0 Å². The van der Waals surface area contributed by atoms with E-state index >= 15 is 0 Å². The molecule has 0 saturated carbocycles. The molecule has 0 radical (unpaired) electrons. The Labute approximate surface area is 162 Å². The number of hydrogen-bond donors (Lipinski definition) is 1. The summed E-state index contributed by atoms with van der Waals surface area (Å²) in [4.78, 5) is 29.7. The van der Waals surface area contributed by atoms with Crippen molar-refractivity contribution in [3.8, 4) is 0 Å². The van der Waals surface area contributed by atoms with E-state index in [1.54, 1.807) is 16.3 Å². The van der Waals surface area contributed by atoms with E-state index in [0.29, 0.717) is 5.56 Å². The molecule has 6 heteroatoms. The lowest BCUT2D eigenvalue weighted by Gasteiger charge is -2.22. The molecule has 1 heterocycles. The van der Waals surface area contributed by atoms with Gasteiger partial charge in [0.1, 0.15) is 0 Å². The molecule has 138 valence electrons. The molecule has 0 aliphatic heterocycles. The molecule has 0 spiro atoms. The number of carbonyl (C=O) groups is 2. The first-order chi connectivity index (χ1) is 13.0. The number of fused-ring (bicyclic) bond motifs is 1. The van der Waals surface area contributed by atoms with Crippen molar-refractivity contribution in [1.29, 1.82) is 0 Å². The molecular formula is C21H20N2O3S. The highest BCUT2D eigenvalue weighted by atomic mass is 32.1. The molecule has 0 atom stereocenters. The second kappa shape index (κ2) is 8.14. The van der Waals surface area contributed by atoms with E-state index < -0.39 is 0 Å². The molecule has 0 aliphatic carbocycles. The Morgan fingerprint density at radius 2 is 1.93 bits per heavy atom. The number of hydrogen-bond acceptors (Lipinski definition) is 4. The standard InChI is InChI=1S/C21H20N2O3S/c1-14-18(13-27)17-12-15(8-9-19(17)22-14)21(25)23(11-10-20(24)26-2)16-6-4-3-5-7-16/h3-9,12-13,22H,10-11H2,1-2H3. The zero-order valence-electron chi connectivity index (χ0n) is 15.2. The summed E-state index contributed by atoms with van der Waals surface area (Å²) >= 11 is 5.12. The van der Waals surface area contributed by atoms with Crippen molar-refractivity contribution < 1.29 is 14.3 Å². The van der Waals surface area contributed by atoms with Crippen molar-refractivity contribution in [3.05, 3.63) is 65.4 Å². The van der Waals surface area contributed by atoms with Crippen molar-refractivity contribution >= 4 is 46.1 Å². The zero-order valence-corrected chi connectivity index (χ0v) is 16.0. The summed E-state index contributed by atoms with van der Waals surface area (Å²) in [5, 5.41) is 2.53. The van der Waals surface area contributed by atoms with Crippen LogP contribution in [0.4, 0.5) is 5.69 Å². The number of anilines is 1. The number of nitrogens with zero attached hydrogens (tertiary/aromatic N) is 1. The maximum Gasteiger partial charge on any atom is 0.307 e. The minimum atomic E-state index is -0.358. The van der Waals surface area contributed by atoms with Gasteiger partial charge < -0.3 is 14.6 Å². The second-order valence-electron chi connectivity index (χ2n) is 6.16. The maximum absolute atomic E-state index is 13.2. The van der Waals surface area contributed by atoms with E-state index in [2.05, 4.69) is 4.98 Å². The summed E-state index contributed by atoms with van der Waals surface area (Å²) in [6.45, 7) is 2.19. The Balaban J connectivity index is 1.99. The molecule has 2 aromatic carbocycles. The predicted molar refractivity (Wildman–Crippen MR) is 111 cm³/mol. The summed E-state index contributed by atoms with van der Waals surface area (Å²) in [7, 11) is 1.34. The van der Waals surface area contributed by atoms with Crippen molar-refractivity contribution in [2.75, 3.05) is 18.6 Å². The van der Waals surface area contributed by atoms with Gasteiger partial charge in [-0.05, 0) is 37.3 Å². The van der Waals surface area contributed by atoms with E-state index in [1.807, 2.05) is 49.4 Å². The number of amides is 1. The summed E-state index contributed by atoms with van der Waals surface area (Å²) < 4.78 is 4.72. The van der Waals surface area contributed by atoms with Gasteiger partial charge in [-0.15, -0.1) is 0 Å². The topological polar surface area (TPSA) is 62.4 Å². The SMILES string of the molecule is COC(=O)CCN(C(=O)c1ccc2[nH]c(C)c(C=S)c2c1)c1ccccc1. The number of rotatable bonds is 6. The maximum atomic E-state index is 13.2. The van der Waals surface area contributed by atoms with Gasteiger partial charge in [0.05, 0.1) is 13.5 Å². The third kappa shape index (κ3) is 3.90. The van der Waals surface area contributed by atoms with Crippen molar-refractivity contribution in [2.24, 2.45) is 0 Å². The third-order valence-corrected chi connectivity index (χ3v) is 4.72. The molecule has 5 nitrogen and oxygen atoms in total. The van der Waals surface area contributed by atoms with Gasteiger partial charge in [-0.2, -0.15) is 0 Å². The van der Waals surface area contributed by atoms with Gasteiger partial charge in [0.2, 0.25) is 0 Å². The first-order valence-electron chi connectivity index (χ1n) is 8.56. The molecule has 0 saturated heterocycles. The first-order valence-corrected chi connectivity index (χ1v) is 9.03.